The molecule has 1 atom stereocenters. The normalized spacial score (nSPS) is 12.1. The molecule has 0 saturated carbocycles. The van der Waals surface area contributed by atoms with Crippen LogP contribution in [0.4, 0.5) is 0 Å². The number of aromatic nitrogens is 1. The lowest BCUT2D eigenvalue weighted by Crippen LogP contribution is -2.35. The van der Waals surface area contributed by atoms with Crippen LogP contribution in [0.5, 0.6) is 0 Å². The Morgan fingerprint density at radius 3 is 2.93 bits per heavy atom. The van der Waals surface area contributed by atoms with Crippen molar-refractivity contribution in [2.75, 3.05) is 6.61 Å². The average molecular weight is 210 g/mol. The van der Waals surface area contributed by atoms with Gasteiger partial charge in [0, 0.05) is 18.2 Å². The molecule has 0 aliphatic rings. The molecule has 15 heavy (non-hydrogen) atoms. The summed E-state index contributed by atoms with van der Waals surface area (Å²) in [6, 6.07) is 3.99. The Balaban J connectivity index is 2.62. The number of nitrogens with two attached hydrogens (primary N) is 1. The summed E-state index contributed by atoms with van der Waals surface area (Å²) < 4.78 is 4.75. The fourth-order valence-electron chi connectivity index (χ4n) is 1.18. The van der Waals surface area contributed by atoms with E-state index in [2.05, 4.69) is 4.98 Å². The quantitative estimate of drug-likeness (QED) is 0.674. The van der Waals surface area contributed by atoms with Gasteiger partial charge in [0.05, 0.1) is 6.61 Å². The van der Waals surface area contributed by atoms with Crippen molar-refractivity contribution in [1.82, 2.24) is 4.98 Å². The Morgan fingerprint density at radius 2 is 2.33 bits per heavy atom. The standard InChI is InChI=1S/C10H14N2O3/c1-2-15-10(14)8(11)6-7-4-3-5-9(13)12-7/h3-5,8H,2,6,11H2,1H3,(H,12,13). The number of esters is 1. The van der Waals surface area contributed by atoms with E-state index in [4.69, 9.17) is 10.5 Å². The van der Waals surface area contributed by atoms with Crippen molar-refractivity contribution < 1.29 is 9.53 Å². The lowest BCUT2D eigenvalue weighted by molar-refractivity contribution is -0.144. The zero-order valence-electron chi connectivity index (χ0n) is 8.53. The molecule has 1 unspecified atom stereocenters. The molecule has 1 heterocycles. The molecule has 0 aliphatic carbocycles. The maximum Gasteiger partial charge on any atom is 0.323 e. The van der Waals surface area contributed by atoms with E-state index in [0.29, 0.717) is 12.3 Å². The second kappa shape index (κ2) is 5.31. The summed E-state index contributed by atoms with van der Waals surface area (Å²) in [4.78, 5) is 24.7. The van der Waals surface area contributed by atoms with Gasteiger partial charge in [-0.3, -0.25) is 9.59 Å². The topological polar surface area (TPSA) is 85.2 Å². The van der Waals surface area contributed by atoms with E-state index in [0.717, 1.165) is 0 Å². The van der Waals surface area contributed by atoms with Gasteiger partial charge >= 0.3 is 5.97 Å². The van der Waals surface area contributed by atoms with Crippen molar-refractivity contribution in [3.63, 3.8) is 0 Å². The molecule has 0 spiro atoms. The fourth-order valence-corrected chi connectivity index (χ4v) is 1.18. The monoisotopic (exact) mass is 210 g/mol. The molecular formula is C10H14N2O3. The zero-order valence-corrected chi connectivity index (χ0v) is 8.53. The van der Waals surface area contributed by atoms with Gasteiger partial charge in [0.1, 0.15) is 6.04 Å². The number of carbonyl (C=O) groups is 1. The summed E-state index contributed by atoms with van der Waals surface area (Å²) in [5.41, 5.74) is 6.01. The molecule has 0 aromatic carbocycles. The Morgan fingerprint density at radius 1 is 1.60 bits per heavy atom. The first-order valence-corrected chi connectivity index (χ1v) is 4.74. The first-order valence-electron chi connectivity index (χ1n) is 4.74. The van der Waals surface area contributed by atoms with Gasteiger partial charge in [-0.05, 0) is 13.0 Å². The van der Waals surface area contributed by atoms with Crippen molar-refractivity contribution >= 4 is 5.97 Å². The summed E-state index contributed by atoms with van der Waals surface area (Å²) in [5.74, 6) is -0.456. The Hall–Kier alpha value is -1.62. The second-order valence-electron chi connectivity index (χ2n) is 3.10. The molecule has 1 aromatic rings. The maximum atomic E-state index is 11.2. The summed E-state index contributed by atoms with van der Waals surface area (Å²) in [6.45, 7) is 2.02. The molecule has 5 heteroatoms. The van der Waals surface area contributed by atoms with Gasteiger partial charge in [-0.15, -0.1) is 0 Å². The Kier molecular flexibility index (Phi) is 4.05. The van der Waals surface area contributed by atoms with Gasteiger partial charge in [0.15, 0.2) is 0 Å². The molecule has 0 fully saturated rings. The zero-order chi connectivity index (χ0) is 11.3. The minimum Gasteiger partial charge on any atom is -0.465 e. The third-order valence-corrected chi connectivity index (χ3v) is 1.86. The van der Waals surface area contributed by atoms with Gasteiger partial charge in [-0.25, -0.2) is 0 Å². The van der Waals surface area contributed by atoms with E-state index >= 15 is 0 Å². The molecule has 0 amide bonds. The van der Waals surface area contributed by atoms with Crippen LogP contribution in [-0.2, 0) is 16.0 Å². The molecule has 0 bridgehead atoms. The van der Waals surface area contributed by atoms with Crippen LogP contribution in [0.25, 0.3) is 0 Å². The first-order chi connectivity index (χ1) is 7.13. The molecule has 3 N–H and O–H groups in total. The summed E-state index contributed by atoms with van der Waals surface area (Å²) >= 11 is 0. The third-order valence-electron chi connectivity index (χ3n) is 1.86. The number of ether oxygens (including phenoxy) is 1. The number of nitrogens with one attached hydrogen (secondary N) is 1. The van der Waals surface area contributed by atoms with Crippen LogP contribution >= 0.6 is 0 Å². The highest BCUT2D eigenvalue weighted by atomic mass is 16.5. The number of H-pyrrole nitrogens is 1. The SMILES string of the molecule is CCOC(=O)C(N)Cc1cccc(=O)[nH]1. The molecule has 1 aromatic heterocycles. The lowest BCUT2D eigenvalue weighted by atomic mass is 10.1. The van der Waals surface area contributed by atoms with Crippen molar-refractivity contribution in [2.24, 2.45) is 5.73 Å². The highest BCUT2D eigenvalue weighted by Gasteiger charge is 2.15. The number of carbonyl (C=O) groups excluding carboxylic acids is 1. The minimum absolute atomic E-state index is 0.205. The van der Waals surface area contributed by atoms with Crippen LogP contribution in [0.1, 0.15) is 12.6 Å². The van der Waals surface area contributed by atoms with Crippen LogP contribution in [0.2, 0.25) is 0 Å². The average Bonchev–Trinajstić information content (AvgIpc) is 2.18. The maximum absolute atomic E-state index is 11.2. The van der Waals surface area contributed by atoms with E-state index in [-0.39, 0.29) is 12.0 Å². The Labute approximate surface area is 87.3 Å². The van der Waals surface area contributed by atoms with Crippen LogP contribution in [0, 0.1) is 0 Å². The van der Waals surface area contributed by atoms with Crippen LogP contribution in [0.3, 0.4) is 0 Å². The highest BCUT2D eigenvalue weighted by molar-refractivity contribution is 5.75. The summed E-state index contributed by atoms with van der Waals surface area (Å²) in [5, 5.41) is 0. The predicted octanol–water partition coefficient (Wildman–Crippen LogP) is -0.192. The van der Waals surface area contributed by atoms with E-state index in [1.54, 1.807) is 19.1 Å². The number of aromatic amines is 1. The van der Waals surface area contributed by atoms with Gasteiger partial charge in [-0.1, -0.05) is 6.07 Å². The molecule has 1 rings (SSSR count). The lowest BCUT2D eigenvalue weighted by Gasteiger charge is -2.09. The number of hydrogen-bond acceptors (Lipinski definition) is 4. The smallest absolute Gasteiger partial charge is 0.323 e. The van der Waals surface area contributed by atoms with Gasteiger partial charge < -0.3 is 15.5 Å². The largest absolute Gasteiger partial charge is 0.465 e. The minimum atomic E-state index is -0.733. The Bertz CT molecular complexity index is 386. The fraction of sp³-hybridized carbons (Fsp3) is 0.400. The second-order valence-corrected chi connectivity index (χ2v) is 3.10. The van der Waals surface area contributed by atoms with Crippen molar-refractivity contribution in [3.05, 3.63) is 34.2 Å². The van der Waals surface area contributed by atoms with Gasteiger partial charge in [0.2, 0.25) is 5.56 Å². The number of pyridine rings is 1. The van der Waals surface area contributed by atoms with Crippen LogP contribution in [-0.4, -0.2) is 23.6 Å². The van der Waals surface area contributed by atoms with E-state index < -0.39 is 12.0 Å². The summed E-state index contributed by atoms with van der Waals surface area (Å²) in [7, 11) is 0. The molecular weight excluding hydrogens is 196 g/mol. The van der Waals surface area contributed by atoms with Gasteiger partial charge in [0.25, 0.3) is 0 Å². The number of hydrogen-bond donors (Lipinski definition) is 2. The van der Waals surface area contributed by atoms with E-state index in [1.165, 1.54) is 6.07 Å². The molecule has 0 radical (unpaired) electrons. The van der Waals surface area contributed by atoms with E-state index in [1.807, 2.05) is 0 Å². The van der Waals surface area contributed by atoms with Crippen LogP contribution < -0.4 is 11.3 Å². The van der Waals surface area contributed by atoms with Gasteiger partial charge in [-0.2, -0.15) is 0 Å². The number of rotatable bonds is 4. The highest BCUT2D eigenvalue weighted by Crippen LogP contribution is 1.97. The first kappa shape index (κ1) is 11.5. The molecule has 82 valence electrons. The third kappa shape index (κ3) is 3.55. The molecule has 5 nitrogen and oxygen atoms in total. The van der Waals surface area contributed by atoms with Crippen molar-refractivity contribution in [3.8, 4) is 0 Å². The van der Waals surface area contributed by atoms with Crippen molar-refractivity contribution in [1.29, 1.82) is 0 Å². The van der Waals surface area contributed by atoms with Crippen LogP contribution in [0.15, 0.2) is 23.0 Å². The molecule has 0 aliphatic heterocycles. The summed E-state index contributed by atoms with van der Waals surface area (Å²) in [6.07, 6.45) is 0.273. The molecule has 0 saturated heterocycles. The van der Waals surface area contributed by atoms with Crippen molar-refractivity contribution in [2.45, 2.75) is 19.4 Å². The predicted molar refractivity (Wildman–Crippen MR) is 55.4 cm³/mol. The van der Waals surface area contributed by atoms with E-state index in [9.17, 15) is 9.59 Å².